The number of hydrogen-bond donors (Lipinski definition) is 0. The van der Waals surface area contributed by atoms with Gasteiger partial charge in [-0.05, 0) is 182 Å². The van der Waals surface area contributed by atoms with Crippen LogP contribution in [0.25, 0.3) is 11.1 Å². The summed E-state index contributed by atoms with van der Waals surface area (Å²) in [6, 6.07) is 53.5. The number of nitrogens with zero attached hydrogens (tertiary/aromatic N) is 2. The highest BCUT2D eigenvalue weighted by Crippen LogP contribution is 2.32. The molecule has 0 N–H and O–H groups in total. The van der Waals surface area contributed by atoms with Crippen molar-refractivity contribution in [2.75, 3.05) is 0 Å². The zero-order chi connectivity index (χ0) is 40.4. The molecule has 0 spiro atoms. The molecular formula is C54H48N2O2. The lowest BCUT2D eigenvalue weighted by atomic mass is 9.90. The van der Waals surface area contributed by atoms with E-state index in [1.54, 1.807) is 0 Å². The molecule has 0 atom stereocenters. The molecular weight excluding hydrogens is 709 g/mol. The SMILES string of the molecule is Cc1cc(C)c(C(=C=Nc2ccccc2)c2ccc(OCc3ccc(COc4ccc(C(=C=Nc5ccccc5)c5c(C)cc(C)cc5C)cc4)cc3)cc2)c(C)c1. The number of rotatable bonds is 12. The van der Waals surface area contributed by atoms with Crippen molar-refractivity contribution in [1.82, 2.24) is 0 Å². The second-order valence-electron chi connectivity index (χ2n) is 14.9. The minimum absolute atomic E-state index is 0.458. The smallest absolute Gasteiger partial charge is 0.119 e. The summed E-state index contributed by atoms with van der Waals surface area (Å²) in [6.45, 7) is 13.8. The van der Waals surface area contributed by atoms with Gasteiger partial charge in [0.15, 0.2) is 0 Å². The molecule has 0 heterocycles. The van der Waals surface area contributed by atoms with E-state index in [-0.39, 0.29) is 0 Å². The maximum Gasteiger partial charge on any atom is 0.119 e. The molecule has 4 heteroatoms. The van der Waals surface area contributed by atoms with Gasteiger partial charge >= 0.3 is 0 Å². The Morgan fingerprint density at radius 2 is 0.741 bits per heavy atom. The molecule has 0 aliphatic rings. The van der Waals surface area contributed by atoms with Crippen LogP contribution in [0.5, 0.6) is 11.5 Å². The third-order valence-corrected chi connectivity index (χ3v) is 10.1. The zero-order valence-electron chi connectivity index (χ0n) is 34.1. The predicted octanol–water partition coefficient (Wildman–Crippen LogP) is 13.6. The van der Waals surface area contributed by atoms with E-state index >= 15 is 0 Å². The Morgan fingerprint density at radius 3 is 1.07 bits per heavy atom. The molecule has 0 aliphatic carbocycles. The number of aliphatic imine (C=N–C) groups is 2. The van der Waals surface area contributed by atoms with Crippen molar-refractivity contribution in [3.63, 3.8) is 0 Å². The average molecular weight is 757 g/mol. The van der Waals surface area contributed by atoms with Crippen molar-refractivity contribution < 1.29 is 9.47 Å². The molecule has 0 unspecified atom stereocenters. The van der Waals surface area contributed by atoms with Crippen LogP contribution >= 0.6 is 0 Å². The first kappa shape index (κ1) is 39.3. The lowest BCUT2D eigenvalue weighted by molar-refractivity contribution is 0.302. The van der Waals surface area contributed by atoms with Gasteiger partial charge in [-0.3, -0.25) is 0 Å². The van der Waals surface area contributed by atoms with Crippen LogP contribution in [0.4, 0.5) is 11.4 Å². The Balaban J connectivity index is 1.00. The lowest BCUT2D eigenvalue weighted by Gasteiger charge is -2.14. The molecule has 0 fully saturated rings. The van der Waals surface area contributed by atoms with Crippen molar-refractivity contribution in [3.8, 4) is 11.5 Å². The lowest BCUT2D eigenvalue weighted by Crippen LogP contribution is -2.00. The first-order valence-electron chi connectivity index (χ1n) is 19.7. The summed E-state index contributed by atoms with van der Waals surface area (Å²) < 4.78 is 12.4. The van der Waals surface area contributed by atoms with Crippen LogP contribution < -0.4 is 9.47 Å². The molecule has 7 aromatic rings. The molecule has 58 heavy (non-hydrogen) atoms. The van der Waals surface area contributed by atoms with E-state index in [4.69, 9.17) is 19.5 Å². The van der Waals surface area contributed by atoms with E-state index in [1.807, 2.05) is 84.9 Å². The summed E-state index contributed by atoms with van der Waals surface area (Å²) >= 11 is 0. The Hall–Kier alpha value is -6.96. The van der Waals surface area contributed by atoms with Crippen molar-refractivity contribution >= 4 is 34.3 Å². The fourth-order valence-corrected chi connectivity index (χ4v) is 7.42. The second kappa shape index (κ2) is 18.3. The minimum atomic E-state index is 0.458. The molecule has 7 rings (SSSR count). The average Bonchev–Trinajstić information content (AvgIpc) is 3.22. The van der Waals surface area contributed by atoms with E-state index < -0.39 is 0 Å². The quantitative estimate of drug-likeness (QED) is 0.117. The van der Waals surface area contributed by atoms with E-state index in [9.17, 15) is 0 Å². The molecule has 0 saturated heterocycles. The summed E-state index contributed by atoms with van der Waals surface area (Å²) in [4.78, 5) is 9.42. The van der Waals surface area contributed by atoms with Crippen molar-refractivity contribution in [2.24, 2.45) is 9.98 Å². The van der Waals surface area contributed by atoms with Gasteiger partial charge in [0.1, 0.15) is 24.7 Å². The number of aryl methyl sites for hydroxylation is 6. The van der Waals surface area contributed by atoms with Crippen LogP contribution in [0.2, 0.25) is 0 Å². The van der Waals surface area contributed by atoms with E-state index in [2.05, 4.69) is 126 Å². The minimum Gasteiger partial charge on any atom is -0.489 e. The summed E-state index contributed by atoms with van der Waals surface area (Å²) in [5, 5.41) is 0. The Bertz CT molecular complexity index is 2410. The normalized spacial score (nSPS) is 10.6. The summed E-state index contributed by atoms with van der Waals surface area (Å²) in [7, 11) is 0. The standard InChI is InChI=1S/C54H48N2O2/c1-37-29-39(3)53(40(4)30-37)51(33-55-47-13-9-7-10-14-47)45-21-25-49(26-22-45)57-35-43-17-19-44(20-18-43)36-58-50-27-23-46(24-28-50)52(34-56-48-15-11-8-12-16-48)54-41(5)31-38(2)32-42(54)6/h7-32H,35-36H2,1-6H3. The fraction of sp³-hybridized carbons (Fsp3) is 0.148. The number of para-hydroxylation sites is 2. The largest absolute Gasteiger partial charge is 0.489 e. The van der Waals surface area contributed by atoms with Crippen molar-refractivity contribution in [3.05, 3.63) is 224 Å². The highest BCUT2D eigenvalue weighted by Gasteiger charge is 2.14. The van der Waals surface area contributed by atoms with Gasteiger partial charge in [-0.2, -0.15) is 0 Å². The molecule has 0 aromatic heterocycles. The third kappa shape index (κ3) is 9.88. The van der Waals surface area contributed by atoms with Crippen LogP contribution in [0.15, 0.2) is 168 Å². The molecule has 0 saturated carbocycles. The van der Waals surface area contributed by atoms with Gasteiger partial charge in [0, 0.05) is 0 Å². The van der Waals surface area contributed by atoms with Crippen LogP contribution in [0.3, 0.4) is 0 Å². The zero-order valence-corrected chi connectivity index (χ0v) is 34.1. The van der Waals surface area contributed by atoms with Gasteiger partial charge in [0.2, 0.25) is 0 Å². The van der Waals surface area contributed by atoms with Gasteiger partial charge in [-0.15, -0.1) is 0 Å². The highest BCUT2D eigenvalue weighted by atomic mass is 16.5. The van der Waals surface area contributed by atoms with Crippen molar-refractivity contribution in [2.45, 2.75) is 54.8 Å². The monoisotopic (exact) mass is 756 g/mol. The Morgan fingerprint density at radius 1 is 0.414 bits per heavy atom. The molecule has 0 bridgehead atoms. The van der Waals surface area contributed by atoms with E-state index in [0.29, 0.717) is 13.2 Å². The second-order valence-corrected chi connectivity index (χ2v) is 14.9. The van der Waals surface area contributed by atoms with Gasteiger partial charge in [-0.1, -0.05) is 96.1 Å². The van der Waals surface area contributed by atoms with Crippen LogP contribution in [-0.4, -0.2) is 11.7 Å². The predicted molar refractivity (Wildman–Crippen MR) is 241 cm³/mol. The first-order valence-corrected chi connectivity index (χ1v) is 19.7. The van der Waals surface area contributed by atoms with Crippen LogP contribution in [0, 0.1) is 41.5 Å². The summed E-state index contributed by atoms with van der Waals surface area (Å²) in [6.07, 6.45) is 0. The molecule has 0 radical (unpaired) electrons. The molecule has 4 nitrogen and oxygen atoms in total. The topological polar surface area (TPSA) is 43.2 Å². The molecule has 0 aliphatic heterocycles. The maximum atomic E-state index is 6.22. The Labute approximate surface area is 343 Å². The van der Waals surface area contributed by atoms with Gasteiger partial charge in [0.25, 0.3) is 0 Å². The number of ether oxygens (including phenoxy) is 2. The first-order chi connectivity index (χ1) is 28.2. The van der Waals surface area contributed by atoms with Gasteiger partial charge < -0.3 is 9.47 Å². The molecule has 286 valence electrons. The van der Waals surface area contributed by atoms with Gasteiger partial charge in [-0.25, -0.2) is 9.98 Å². The number of hydrogen-bond acceptors (Lipinski definition) is 4. The molecule has 0 amide bonds. The van der Waals surface area contributed by atoms with E-state index in [0.717, 1.165) is 67.4 Å². The third-order valence-electron chi connectivity index (χ3n) is 10.1. The van der Waals surface area contributed by atoms with Crippen molar-refractivity contribution in [1.29, 1.82) is 0 Å². The maximum absolute atomic E-state index is 6.22. The van der Waals surface area contributed by atoms with Gasteiger partial charge in [0.05, 0.1) is 22.5 Å². The molecule has 7 aromatic carbocycles. The Kier molecular flexibility index (Phi) is 12.4. The van der Waals surface area contributed by atoms with E-state index in [1.165, 1.54) is 33.4 Å². The summed E-state index contributed by atoms with van der Waals surface area (Å²) in [5.41, 5.74) is 17.5. The highest BCUT2D eigenvalue weighted by molar-refractivity contribution is 6.02. The summed E-state index contributed by atoms with van der Waals surface area (Å²) in [5.74, 6) is 8.37. The van der Waals surface area contributed by atoms with Crippen LogP contribution in [0.1, 0.15) is 66.8 Å². The number of benzene rings is 7. The fourth-order valence-electron chi connectivity index (χ4n) is 7.42. The van der Waals surface area contributed by atoms with Crippen LogP contribution in [-0.2, 0) is 13.2 Å².